The van der Waals surface area contributed by atoms with Crippen molar-refractivity contribution in [2.24, 2.45) is 17.0 Å². The monoisotopic (exact) mass is 2020 g/mol. The number of carbonyl (C=O) groups is 8. The Labute approximate surface area is 833 Å². The number of aryl methyl sites for hydroxylation is 4. The summed E-state index contributed by atoms with van der Waals surface area (Å²) in [5, 5.41) is 140. The molecule has 14 N–H and O–H groups in total. The smallest absolute Gasteiger partial charge is 0.459 e. The number of unbranched alkanes of at least 4 members (excludes halogenated alkanes) is 7. The van der Waals surface area contributed by atoms with Crippen molar-refractivity contribution in [3.63, 3.8) is 0 Å². The molecule has 5 aromatic heterocycles. The Kier molecular flexibility index (Phi) is 53.5. The molecule has 2 aliphatic heterocycles. The topological polar surface area (TPSA) is 591 Å². The molecule has 42 nitrogen and oxygen atoms in total. The van der Waals surface area contributed by atoms with Crippen molar-refractivity contribution in [3.8, 4) is 12.3 Å². The minimum absolute atomic E-state index is 0. The first-order chi connectivity index (χ1) is 67.3. The largest absolute Gasteiger partial charge is 1.00 e. The molecule has 0 spiro atoms. The van der Waals surface area contributed by atoms with Gasteiger partial charge in [0.25, 0.3) is 10.4 Å². The van der Waals surface area contributed by atoms with Crippen molar-refractivity contribution >= 4 is 198 Å². The first kappa shape index (κ1) is 112. The minimum atomic E-state index is -1.65. The number of ether oxygens (including phenoxy) is 2. The molecule has 6 amide bonds. The Bertz CT molecular complexity index is 5150. The predicted molar refractivity (Wildman–Crippen MR) is 533 cm³/mol. The number of anilines is 5. The van der Waals surface area contributed by atoms with Crippen LogP contribution in [0.3, 0.4) is 0 Å². The van der Waals surface area contributed by atoms with E-state index in [4.69, 9.17) is 24.1 Å². The normalized spacial score (nSPS) is 12.8. The number of hydrogen-bond acceptors (Lipinski definition) is 32. The van der Waals surface area contributed by atoms with Crippen LogP contribution >= 0.6 is 32.4 Å². The van der Waals surface area contributed by atoms with Crippen LogP contribution < -0.4 is 53.8 Å². The van der Waals surface area contributed by atoms with E-state index in [2.05, 4.69) is 121 Å². The molecular formula is C84H113B7CuN24O18S4+2. The number of nitrogens with zero attached hydrogens (tertiary/aromatic N) is 18. The molecule has 1 saturated heterocycles. The van der Waals surface area contributed by atoms with Gasteiger partial charge in [-0.2, -0.15) is 0 Å². The molecule has 4 aromatic carbocycles. The summed E-state index contributed by atoms with van der Waals surface area (Å²) < 4.78 is 29.8. The van der Waals surface area contributed by atoms with E-state index in [0.717, 1.165) is 73.1 Å². The molecule has 0 aliphatic carbocycles. The molecule has 54 heteroatoms. The van der Waals surface area contributed by atoms with E-state index in [1.165, 1.54) is 78.7 Å². The maximum absolute atomic E-state index is 13.9. The second kappa shape index (κ2) is 65.8. The van der Waals surface area contributed by atoms with Crippen LogP contribution in [0, 0.1) is 24.2 Å². The molecule has 0 saturated carbocycles. The number of azide groups is 1. The fraction of sp³-hybridized carbons (Fsp3) is 0.464. The van der Waals surface area contributed by atoms with Crippen LogP contribution in [0.15, 0.2) is 133 Å². The van der Waals surface area contributed by atoms with Crippen molar-refractivity contribution in [2.75, 3.05) is 45.6 Å². The quantitative estimate of drug-likeness (QED) is 0.00248. The fourth-order valence-electron chi connectivity index (χ4n) is 14.0. The molecule has 0 bridgehead atoms. The van der Waals surface area contributed by atoms with Crippen LogP contribution in [-0.2, 0) is 134 Å². The number of benzene rings is 4. The van der Waals surface area contributed by atoms with Crippen LogP contribution in [0.5, 0.6) is 0 Å². The van der Waals surface area contributed by atoms with Gasteiger partial charge in [-0.05, 0) is 188 Å². The number of aromatic nitrogens is 15. The molecule has 7 heterocycles. The van der Waals surface area contributed by atoms with Crippen molar-refractivity contribution in [1.82, 2.24) is 80.3 Å². The van der Waals surface area contributed by atoms with Gasteiger partial charge in [-0.25, -0.2) is 23.4 Å². The Hall–Kier alpha value is -11.0. The summed E-state index contributed by atoms with van der Waals surface area (Å²) in [5.41, 5.74) is 14.5. The van der Waals surface area contributed by atoms with Gasteiger partial charge >= 0.3 is 57.5 Å². The summed E-state index contributed by atoms with van der Waals surface area (Å²) in [7, 11) is 10.0. The number of esters is 2. The summed E-state index contributed by atoms with van der Waals surface area (Å²) in [4.78, 5) is 104. The van der Waals surface area contributed by atoms with Crippen LogP contribution in [0.2, 0.25) is 0 Å². The van der Waals surface area contributed by atoms with Crippen LogP contribution in [0.4, 0.5) is 28.6 Å². The second-order valence-corrected chi connectivity index (χ2v) is 36.8. The van der Waals surface area contributed by atoms with Gasteiger partial charge in [0.2, 0.25) is 35.4 Å². The molecular weight excluding hydrogens is 1900 g/mol. The molecule has 0 unspecified atom stereocenters. The standard InChI is InChI=1S/C42H56B2N12O9S2.C31H39B2N11O8.C11H15NOS2.B2H.BH.Cu/c57-39(47-33-12-8-10-31(22-33)43(61)62)18-6-4-14-35-24-45-51-55(35)26-30(27-56-36(25-46-52-56)15-5-7-19-40(58)48-34-13-9-11-32(23-34)44(63)64)42(60)65-29-54-28-38(50-53-54)49-41(59)17-3-1-2-16-37-20-21-66-67-37;34-40-37-21-52-31(47)22(19-43-27(17-35-41-43)11-1-3-13-29(45)38-25-9-5-7-23(15-25)32(48)49)20-44-28(18-36-42-44)12-2-4-14-30(46)39-26-10-6-8-24(16-26)33(50)51;1-2-8-12-11(13)6-4-3-5-10-7-9-14-15-10;1-2;;/h8-13,22-25,28,30,37,61-64H,1-7,14-21,26-27,29H2,(H,47,57)(H,48,58)(H,49,59);5-10,15-18,22,48-51H,1-4,11-14,19-21H2,(H,38,45)(H,39,46);1,9-10H,3-8H2;1H;1H;/q;;;;;+1/p+1/t37-;;10-;;;/m0.0.../s1/i;;;2*1D;. The number of carbonyl (C=O) groups excluding carboxylic acids is 8. The van der Waals surface area contributed by atoms with Crippen molar-refractivity contribution in [3.05, 3.63) is 161 Å². The van der Waals surface area contributed by atoms with Gasteiger partial charge in [-0.1, -0.05) is 126 Å². The Morgan fingerprint density at radius 2 is 0.906 bits per heavy atom. The molecule has 11 rings (SSSR count). The zero-order valence-electron chi connectivity index (χ0n) is 78.0. The first-order valence-corrected chi connectivity index (χ1v) is 49.1. The van der Waals surface area contributed by atoms with Gasteiger partial charge in [0, 0.05) is 107 Å². The summed E-state index contributed by atoms with van der Waals surface area (Å²) >= 11 is 0. The van der Waals surface area contributed by atoms with Gasteiger partial charge in [-0.3, -0.25) is 38.4 Å². The van der Waals surface area contributed by atoms with E-state index in [-0.39, 0.29) is 139 Å². The predicted octanol–water partition coefficient (Wildman–Crippen LogP) is 2.06. The van der Waals surface area contributed by atoms with Crippen LogP contribution in [0.1, 0.15) is 170 Å². The summed E-state index contributed by atoms with van der Waals surface area (Å²) in [6.07, 6.45) is 31.3. The van der Waals surface area contributed by atoms with E-state index >= 15 is 0 Å². The molecule has 9 aromatic rings. The first-order valence-electron chi connectivity index (χ1n) is 45.6. The third kappa shape index (κ3) is 44.0. The average Bonchev–Trinajstić information content (AvgIpc) is 1.71. The number of terminal acetylenes is 1. The van der Waals surface area contributed by atoms with E-state index in [1.54, 1.807) is 104 Å². The molecule has 1 fully saturated rings. The minimum Gasteiger partial charge on any atom is -0.459 e. The van der Waals surface area contributed by atoms with E-state index in [1.807, 2.05) is 42.8 Å². The number of rotatable bonds is 55. The maximum atomic E-state index is 13.9. The average molecular weight is 2020 g/mol. The molecule has 2 atom stereocenters. The van der Waals surface area contributed by atoms with Crippen LogP contribution in [0.25, 0.3) is 10.4 Å². The third-order valence-electron chi connectivity index (χ3n) is 21.1. The zero-order chi connectivity index (χ0) is 100. The van der Waals surface area contributed by atoms with Gasteiger partial charge in [0.1, 0.15) is 0 Å². The summed E-state index contributed by atoms with van der Waals surface area (Å²) in [5.74, 6) is 0.00916. The van der Waals surface area contributed by atoms with Crippen LogP contribution in [-0.4, -0.2) is 252 Å². The van der Waals surface area contributed by atoms with E-state index in [0.29, 0.717) is 119 Å². The van der Waals surface area contributed by atoms with Gasteiger partial charge in [0.15, 0.2) is 35.4 Å². The molecule has 138 heavy (non-hydrogen) atoms. The van der Waals surface area contributed by atoms with Crippen molar-refractivity contribution in [2.45, 2.75) is 217 Å². The Balaban J connectivity index is 0.000000363. The van der Waals surface area contributed by atoms with E-state index in [9.17, 15) is 78.5 Å². The van der Waals surface area contributed by atoms with Gasteiger partial charge < -0.3 is 81.6 Å². The number of hydrogen-bond donors (Lipinski definition) is 14. The summed E-state index contributed by atoms with van der Waals surface area (Å²) in [6.45, 7) is -0.107. The zero-order valence-corrected chi connectivity index (χ0v) is 80.2. The van der Waals surface area contributed by atoms with Crippen molar-refractivity contribution < 1.29 is 105 Å². The second-order valence-electron chi connectivity index (χ2n) is 31.5. The third-order valence-corrected chi connectivity index (χ3v) is 26.8. The van der Waals surface area contributed by atoms with E-state index < -0.39 is 59.0 Å². The number of amides is 6. The molecule has 2 aliphatic rings. The Morgan fingerprint density at radius 3 is 1.27 bits per heavy atom. The fourth-order valence-corrected chi connectivity index (χ4v) is 19.6. The summed E-state index contributed by atoms with van der Waals surface area (Å²) in [6, 6.07) is 25.2. The van der Waals surface area contributed by atoms with Crippen molar-refractivity contribution in [1.29, 1.82) is 2.67 Å². The SMILES string of the molecule is C#CCNC(=O)CCCC[C@H]1CC=[S+]S1.O=C(CCCCc1cnnn1CC(Cn1nncc1CCCCC(=O)Nc1cccc(B(O)O)c1)C(=O)OCn1cc(NC(=O)CCCCC[C@H]2CCSS2)nn1)Nc1cccc(B(O)O)c1.[2H][B].[2H][B][B].[Cu+].[N-]=[N+]=NCOC(=O)C(Cn1nncc1CCCCC(=O)Nc1cccc(B(O)O)c1)Cn1nncc1CCCCC(=O)Nc1cccc(B(O)O)c1. The van der Waals surface area contributed by atoms with Gasteiger partial charge in [0.05, 0.1) is 104 Å². The Morgan fingerprint density at radius 1 is 0.543 bits per heavy atom. The number of nitrogens with one attached hydrogen (secondary N) is 6. The maximum Gasteiger partial charge on any atom is 1.00 e. The molecule has 731 valence electrons. The molecule has 5 radical (unpaired) electrons. The van der Waals surface area contributed by atoms with Gasteiger partial charge in [-0.15, -0.1) is 31.9 Å².